The molecule has 1 fully saturated rings. The quantitative estimate of drug-likeness (QED) is 0.806. The van der Waals surface area contributed by atoms with E-state index in [1.54, 1.807) is 12.3 Å². The third-order valence-electron chi connectivity index (χ3n) is 3.76. The Morgan fingerprint density at radius 2 is 2.32 bits per heavy atom. The van der Waals surface area contributed by atoms with Gasteiger partial charge in [0.25, 0.3) is 0 Å². The Kier molecular flexibility index (Phi) is 3.06. The molecule has 1 saturated heterocycles. The summed E-state index contributed by atoms with van der Waals surface area (Å²) in [5.74, 6) is 0.167. The van der Waals surface area contributed by atoms with Crippen molar-refractivity contribution in [2.24, 2.45) is 5.92 Å². The lowest BCUT2D eigenvalue weighted by Crippen LogP contribution is -2.34. The lowest BCUT2D eigenvalue weighted by Gasteiger charge is -2.21. The standard InChI is InChI=1S/C15H15N3O/c16-7-10-3-1-5-13-14(10)12(9-18-13)15(19)11-4-2-6-17-8-11/h1,3,5,9,11,17-18H,2,4,6,8H2. The van der Waals surface area contributed by atoms with Gasteiger partial charge in [-0.15, -0.1) is 0 Å². The van der Waals surface area contributed by atoms with Crippen molar-refractivity contribution in [3.05, 3.63) is 35.5 Å². The van der Waals surface area contributed by atoms with Gasteiger partial charge in [0.1, 0.15) is 0 Å². The van der Waals surface area contributed by atoms with Crippen LogP contribution >= 0.6 is 0 Å². The van der Waals surface area contributed by atoms with Crippen molar-refractivity contribution < 1.29 is 4.79 Å². The van der Waals surface area contributed by atoms with E-state index in [2.05, 4.69) is 16.4 Å². The molecule has 4 heteroatoms. The molecule has 0 saturated carbocycles. The van der Waals surface area contributed by atoms with Crippen LogP contribution < -0.4 is 5.32 Å². The van der Waals surface area contributed by atoms with Crippen LogP contribution in [0, 0.1) is 17.2 Å². The van der Waals surface area contributed by atoms with Gasteiger partial charge in [-0.1, -0.05) is 6.07 Å². The van der Waals surface area contributed by atoms with Crippen LogP contribution in [0.5, 0.6) is 0 Å². The van der Waals surface area contributed by atoms with Crippen LogP contribution in [-0.2, 0) is 0 Å². The van der Waals surface area contributed by atoms with Crippen LogP contribution in [0.1, 0.15) is 28.8 Å². The van der Waals surface area contributed by atoms with Crippen LogP contribution in [0.2, 0.25) is 0 Å². The topological polar surface area (TPSA) is 68.7 Å². The van der Waals surface area contributed by atoms with Gasteiger partial charge in [0.05, 0.1) is 11.6 Å². The van der Waals surface area contributed by atoms with E-state index in [-0.39, 0.29) is 11.7 Å². The summed E-state index contributed by atoms with van der Waals surface area (Å²) in [4.78, 5) is 15.7. The summed E-state index contributed by atoms with van der Waals surface area (Å²) in [6.45, 7) is 1.72. The van der Waals surface area contributed by atoms with E-state index in [4.69, 9.17) is 0 Å². The predicted octanol–water partition coefficient (Wildman–Crippen LogP) is 2.22. The first kappa shape index (κ1) is 11.9. The molecule has 19 heavy (non-hydrogen) atoms. The summed E-state index contributed by atoms with van der Waals surface area (Å²) < 4.78 is 0. The molecular formula is C15H15N3O. The molecule has 2 N–H and O–H groups in total. The van der Waals surface area contributed by atoms with Crippen molar-refractivity contribution in [2.75, 3.05) is 13.1 Å². The largest absolute Gasteiger partial charge is 0.360 e. The number of carbonyl (C=O) groups is 1. The smallest absolute Gasteiger partial charge is 0.169 e. The van der Waals surface area contributed by atoms with Gasteiger partial charge in [0, 0.05) is 35.1 Å². The van der Waals surface area contributed by atoms with Gasteiger partial charge in [0.15, 0.2) is 5.78 Å². The molecule has 1 atom stereocenters. The first-order valence-corrected chi connectivity index (χ1v) is 6.56. The number of hydrogen-bond acceptors (Lipinski definition) is 3. The highest BCUT2D eigenvalue weighted by Gasteiger charge is 2.25. The number of rotatable bonds is 2. The zero-order valence-corrected chi connectivity index (χ0v) is 10.6. The van der Waals surface area contributed by atoms with E-state index in [1.165, 1.54) is 0 Å². The molecule has 2 heterocycles. The maximum atomic E-state index is 12.6. The summed E-state index contributed by atoms with van der Waals surface area (Å²) >= 11 is 0. The van der Waals surface area contributed by atoms with E-state index in [9.17, 15) is 10.1 Å². The number of nitrogens with zero attached hydrogens (tertiary/aromatic N) is 1. The minimum atomic E-state index is 0.0273. The van der Waals surface area contributed by atoms with Gasteiger partial charge >= 0.3 is 0 Å². The number of nitriles is 1. The highest BCUT2D eigenvalue weighted by molar-refractivity contribution is 6.10. The highest BCUT2D eigenvalue weighted by atomic mass is 16.1. The van der Waals surface area contributed by atoms with Crippen LogP contribution in [0.25, 0.3) is 10.9 Å². The predicted molar refractivity (Wildman–Crippen MR) is 72.9 cm³/mol. The first-order valence-electron chi connectivity index (χ1n) is 6.56. The second-order valence-corrected chi connectivity index (χ2v) is 4.95. The number of aromatic nitrogens is 1. The summed E-state index contributed by atoms with van der Waals surface area (Å²) in [5.41, 5.74) is 2.07. The Labute approximate surface area is 111 Å². The average Bonchev–Trinajstić information content (AvgIpc) is 2.91. The second kappa shape index (κ2) is 4.87. The number of ketones is 1. The van der Waals surface area contributed by atoms with Gasteiger partial charge < -0.3 is 10.3 Å². The van der Waals surface area contributed by atoms with E-state index in [1.807, 2.05) is 12.1 Å². The summed E-state index contributed by atoms with van der Waals surface area (Å²) in [6, 6.07) is 7.64. The third kappa shape index (κ3) is 2.02. The monoisotopic (exact) mass is 253 g/mol. The van der Waals surface area contributed by atoms with Gasteiger partial charge in [-0.3, -0.25) is 4.79 Å². The van der Waals surface area contributed by atoms with Crippen LogP contribution in [0.15, 0.2) is 24.4 Å². The molecule has 4 nitrogen and oxygen atoms in total. The SMILES string of the molecule is N#Cc1cccc2[nH]cc(C(=O)C3CCCNC3)c12. The Hall–Kier alpha value is -2.12. The molecule has 1 aromatic carbocycles. The van der Waals surface area contributed by atoms with E-state index < -0.39 is 0 Å². The van der Waals surface area contributed by atoms with Crippen molar-refractivity contribution >= 4 is 16.7 Å². The van der Waals surface area contributed by atoms with Gasteiger partial charge in [-0.2, -0.15) is 5.26 Å². The summed E-state index contributed by atoms with van der Waals surface area (Å²) in [7, 11) is 0. The molecule has 3 rings (SSSR count). The zero-order chi connectivity index (χ0) is 13.2. The zero-order valence-electron chi connectivity index (χ0n) is 10.6. The van der Waals surface area contributed by atoms with Gasteiger partial charge in [-0.25, -0.2) is 0 Å². The fourth-order valence-corrected chi connectivity index (χ4v) is 2.77. The highest BCUT2D eigenvalue weighted by Crippen LogP contribution is 2.26. The number of nitrogens with one attached hydrogen (secondary N) is 2. The number of hydrogen-bond donors (Lipinski definition) is 2. The molecule has 0 amide bonds. The summed E-state index contributed by atoms with van der Waals surface area (Å²) in [6.07, 6.45) is 3.69. The molecule has 0 radical (unpaired) electrons. The fourth-order valence-electron chi connectivity index (χ4n) is 2.77. The average molecular weight is 253 g/mol. The number of benzene rings is 1. The molecular weight excluding hydrogens is 238 g/mol. The molecule has 1 aliphatic rings. The number of fused-ring (bicyclic) bond motifs is 1. The lowest BCUT2D eigenvalue weighted by molar-refractivity contribution is 0.0901. The number of carbonyl (C=O) groups excluding carboxylic acids is 1. The molecule has 0 spiro atoms. The Balaban J connectivity index is 2.05. The maximum Gasteiger partial charge on any atom is 0.169 e. The number of piperidine rings is 1. The van der Waals surface area contributed by atoms with Gasteiger partial charge in [-0.05, 0) is 31.5 Å². The summed E-state index contributed by atoms with van der Waals surface area (Å²) in [5, 5.41) is 13.2. The Bertz CT molecular complexity index is 660. The van der Waals surface area contributed by atoms with Crippen molar-refractivity contribution in [1.29, 1.82) is 5.26 Å². The van der Waals surface area contributed by atoms with Crippen LogP contribution in [0.3, 0.4) is 0 Å². The molecule has 1 aliphatic heterocycles. The van der Waals surface area contributed by atoms with Crippen molar-refractivity contribution in [1.82, 2.24) is 10.3 Å². The first-order chi connectivity index (χ1) is 9.31. The number of H-pyrrole nitrogens is 1. The minimum absolute atomic E-state index is 0.0273. The normalized spacial score (nSPS) is 19.2. The molecule has 0 bridgehead atoms. The third-order valence-corrected chi connectivity index (χ3v) is 3.76. The lowest BCUT2D eigenvalue weighted by atomic mass is 9.90. The maximum absolute atomic E-state index is 12.6. The minimum Gasteiger partial charge on any atom is -0.360 e. The van der Waals surface area contributed by atoms with Crippen LogP contribution in [-0.4, -0.2) is 23.9 Å². The molecule has 1 unspecified atom stereocenters. The Morgan fingerprint density at radius 3 is 3.05 bits per heavy atom. The van der Waals surface area contributed by atoms with E-state index >= 15 is 0 Å². The van der Waals surface area contributed by atoms with Crippen LogP contribution in [0.4, 0.5) is 0 Å². The Morgan fingerprint density at radius 1 is 1.42 bits per heavy atom. The molecule has 0 aliphatic carbocycles. The molecule has 1 aromatic heterocycles. The fraction of sp³-hybridized carbons (Fsp3) is 0.333. The molecule has 2 aromatic rings. The van der Waals surface area contributed by atoms with Crippen molar-refractivity contribution in [3.63, 3.8) is 0 Å². The number of aromatic amines is 1. The second-order valence-electron chi connectivity index (χ2n) is 4.95. The number of Topliss-reactive ketones (excluding diaryl/α,β-unsaturated/α-hetero) is 1. The van der Waals surface area contributed by atoms with Crippen molar-refractivity contribution in [3.8, 4) is 6.07 Å². The van der Waals surface area contributed by atoms with Gasteiger partial charge in [0.2, 0.25) is 0 Å². The van der Waals surface area contributed by atoms with E-state index in [0.717, 1.165) is 36.8 Å². The van der Waals surface area contributed by atoms with E-state index in [0.29, 0.717) is 11.1 Å². The van der Waals surface area contributed by atoms with Crippen molar-refractivity contribution in [2.45, 2.75) is 12.8 Å². The molecule has 96 valence electrons.